The topological polar surface area (TPSA) is 37.3 Å². The molecule has 3 heteroatoms. The van der Waals surface area contributed by atoms with Crippen molar-refractivity contribution in [1.82, 2.24) is 0 Å². The third-order valence-electron chi connectivity index (χ3n) is 0.976. The molecule has 0 saturated heterocycles. The van der Waals surface area contributed by atoms with E-state index >= 15 is 0 Å². The van der Waals surface area contributed by atoms with Crippen LogP contribution in [0.1, 0.15) is 0 Å². The first-order valence-electron chi connectivity index (χ1n) is 2.59. The van der Waals surface area contributed by atoms with Gasteiger partial charge in [-0.25, -0.2) is 0 Å². The van der Waals surface area contributed by atoms with Gasteiger partial charge >= 0.3 is 0 Å². The zero-order valence-electron chi connectivity index (χ0n) is 5.45. The predicted molar refractivity (Wildman–Crippen MR) is 34.4 cm³/mol. The Balaban J connectivity index is 0.000000810. The molecule has 0 heterocycles. The van der Waals surface area contributed by atoms with Gasteiger partial charge in [-0.3, -0.25) is 4.79 Å². The quantitative estimate of drug-likeness (QED) is 0.609. The van der Waals surface area contributed by atoms with Gasteiger partial charge < -0.3 is 5.11 Å². The predicted octanol–water partition coefficient (Wildman–Crippen LogP) is 0.750. The van der Waals surface area contributed by atoms with Gasteiger partial charge in [0.2, 0.25) is 5.43 Å². The molecule has 0 aliphatic rings. The molecule has 0 aliphatic carbocycles. The second kappa shape index (κ2) is 4.18. The van der Waals surface area contributed by atoms with E-state index < -0.39 is 0 Å². The molecule has 0 spiro atoms. The maximum atomic E-state index is 10.6. The molecule has 0 aliphatic heterocycles. The van der Waals surface area contributed by atoms with Crippen LogP contribution in [-0.4, -0.2) is 5.11 Å². The van der Waals surface area contributed by atoms with Gasteiger partial charge in [-0.05, 0) is 12.1 Å². The average Bonchev–Trinajstić information content (AvgIpc) is 1.99. The SMILES string of the molecule is O=c1cccccc1O.[Zn]. The molecule has 1 aromatic carbocycles. The van der Waals surface area contributed by atoms with Crippen molar-refractivity contribution in [3.8, 4) is 5.75 Å². The summed E-state index contributed by atoms with van der Waals surface area (Å²) in [4.78, 5) is 10.6. The Labute approximate surface area is 71.3 Å². The fourth-order valence-corrected chi connectivity index (χ4v) is 0.521. The molecule has 0 atom stereocenters. The second-order valence-corrected chi connectivity index (χ2v) is 1.66. The molecule has 2 nitrogen and oxygen atoms in total. The van der Waals surface area contributed by atoms with Crippen LogP contribution >= 0.6 is 0 Å². The van der Waals surface area contributed by atoms with Crippen LogP contribution in [-0.2, 0) is 19.5 Å². The van der Waals surface area contributed by atoms with Crippen LogP contribution in [0.25, 0.3) is 0 Å². The third kappa shape index (κ3) is 2.28. The molecular formula is C7H6O2Zn. The van der Waals surface area contributed by atoms with Crippen molar-refractivity contribution < 1.29 is 24.6 Å². The van der Waals surface area contributed by atoms with Crippen LogP contribution in [0.2, 0.25) is 0 Å². The van der Waals surface area contributed by atoms with E-state index in [-0.39, 0.29) is 30.7 Å². The van der Waals surface area contributed by atoms with Gasteiger partial charge in [-0.15, -0.1) is 0 Å². The van der Waals surface area contributed by atoms with E-state index in [1.165, 1.54) is 12.1 Å². The summed E-state index contributed by atoms with van der Waals surface area (Å²) in [7, 11) is 0. The van der Waals surface area contributed by atoms with E-state index in [9.17, 15) is 4.79 Å². The van der Waals surface area contributed by atoms with Crippen molar-refractivity contribution in [1.29, 1.82) is 0 Å². The molecule has 1 aromatic rings. The molecular weight excluding hydrogens is 181 g/mol. The summed E-state index contributed by atoms with van der Waals surface area (Å²) < 4.78 is 0. The molecule has 0 saturated carbocycles. The van der Waals surface area contributed by atoms with E-state index in [0.717, 1.165) is 0 Å². The van der Waals surface area contributed by atoms with Crippen molar-refractivity contribution >= 4 is 0 Å². The maximum Gasteiger partial charge on any atom is 0.220 e. The number of hydrogen-bond acceptors (Lipinski definition) is 2. The second-order valence-electron chi connectivity index (χ2n) is 1.66. The van der Waals surface area contributed by atoms with Gasteiger partial charge in [0.25, 0.3) is 0 Å². The summed E-state index contributed by atoms with van der Waals surface area (Å²) in [5.41, 5.74) is -0.347. The Morgan fingerprint density at radius 3 is 2.40 bits per heavy atom. The average molecular weight is 188 g/mol. The van der Waals surface area contributed by atoms with Gasteiger partial charge in [-0.1, -0.05) is 18.2 Å². The molecule has 1 N–H and O–H groups in total. The fourth-order valence-electron chi connectivity index (χ4n) is 0.521. The van der Waals surface area contributed by atoms with Gasteiger partial charge in [0, 0.05) is 19.5 Å². The summed E-state index contributed by atoms with van der Waals surface area (Å²) in [5, 5.41) is 8.77. The molecule has 10 heavy (non-hydrogen) atoms. The number of rotatable bonds is 0. The van der Waals surface area contributed by atoms with Crippen molar-refractivity contribution in [3.63, 3.8) is 0 Å². The minimum absolute atomic E-state index is 0. The normalized spacial score (nSPS) is 8.00. The standard InChI is InChI=1S/C7H6O2.Zn/c8-6-4-2-1-3-5-7(6)9;/h1-5H,(H,8,9);. The van der Waals surface area contributed by atoms with Crippen LogP contribution in [0.4, 0.5) is 0 Å². The van der Waals surface area contributed by atoms with E-state index in [0.29, 0.717) is 0 Å². The van der Waals surface area contributed by atoms with E-state index in [2.05, 4.69) is 0 Å². The number of aromatic hydroxyl groups is 1. The summed E-state index contributed by atoms with van der Waals surface area (Å²) in [6.07, 6.45) is 0. The first-order valence-corrected chi connectivity index (χ1v) is 2.59. The van der Waals surface area contributed by atoms with E-state index in [1.54, 1.807) is 18.2 Å². The molecule has 0 amide bonds. The zero-order valence-corrected chi connectivity index (χ0v) is 8.42. The largest absolute Gasteiger partial charge is 0.504 e. The third-order valence-corrected chi connectivity index (χ3v) is 0.976. The van der Waals surface area contributed by atoms with Crippen molar-refractivity contribution in [2.75, 3.05) is 0 Å². The van der Waals surface area contributed by atoms with Gasteiger partial charge in [0.15, 0.2) is 5.75 Å². The van der Waals surface area contributed by atoms with E-state index in [4.69, 9.17) is 5.11 Å². The van der Waals surface area contributed by atoms with Crippen LogP contribution in [0.3, 0.4) is 0 Å². The van der Waals surface area contributed by atoms with Gasteiger partial charge in [0.05, 0.1) is 0 Å². The van der Waals surface area contributed by atoms with Gasteiger partial charge in [-0.2, -0.15) is 0 Å². The van der Waals surface area contributed by atoms with Crippen LogP contribution < -0.4 is 5.43 Å². The molecule has 0 fully saturated rings. The summed E-state index contributed by atoms with van der Waals surface area (Å²) in [6.45, 7) is 0. The summed E-state index contributed by atoms with van der Waals surface area (Å²) in [5.74, 6) is -0.208. The molecule has 48 valence electrons. The zero-order chi connectivity index (χ0) is 6.69. The molecule has 1 rings (SSSR count). The summed E-state index contributed by atoms with van der Waals surface area (Å²) >= 11 is 0. The number of hydrogen-bond donors (Lipinski definition) is 1. The fraction of sp³-hybridized carbons (Fsp3) is 0. The Hall–Kier alpha value is -0.687. The monoisotopic (exact) mass is 186 g/mol. The maximum absolute atomic E-state index is 10.6. The van der Waals surface area contributed by atoms with Gasteiger partial charge in [0.1, 0.15) is 0 Å². The summed E-state index contributed by atoms with van der Waals surface area (Å²) in [6, 6.07) is 7.55. The molecule has 0 aromatic heterocycles. The minimum atomic E-state index is -0.347. The molecule has 0 unspecified atom stereocenters. The Kier molecular flexibility index (Phi) is 3.89. The molecule has 0 bridgehead atoms. The van der Waals surface area contributed by atoms with Crippen molar-refractivity contribution in [2.24, 2.45) is 0 Å². The van der Waals surface area contributed by atoms with E-state index in [1.807, 2.05) is 0 Å². The smallest absolute Gasteiger partial charge is 0.220 e. The van der Waals surface area contributed by atoms with Crippen molar-refractivity contribution in [3.05, 3.63) is 40.6 Å². The van der Waals surface area contributed by atoms with Crippen LogP contribution in [0, 0.1) is 0 Å². The first kappa shape index (κ1) is 9.31. The van der Waals surface area contributed by atoms with Crippen LogP contribution in [0.5, 0.6) is 5.75 Å². The first-order chi connectivity index (χ1) is 4.30. The van der Waals surface area contributed by atoms with Crippen LogP contribution in [0.15, 0.2) is 35.1 Å². The van der Waals surface area contributed by atoms with Crippen molar-refractivity contribution in [2.45, 2.75) is 0 Å². The Morgan fingerprint density at radius 1 is 1.10 bits per heavy atom. The minimum Gasteiger partial charge on any atom is -0.504 e. The molecule has 0 radical (unpaired) electrons. The Morgan fingerprint density at radius 2 is 1.70 bits per heavy atom. The Bertz CT molecular complexity index is 259.